The molecule has 4 aromatic rings. The summed E-state index contributed by atoms with van der Waals surface area (Å²) in [6.07, 6.45) is 0.319. The molecule has 1 fully saturated rings. The second-order valence-corrected chi connectivity index (χ2v) is 11.5. The maximum Gasteiger partial charge on any atom is 0.264 e. The number of aromatic nitrogens is 1. The Morgan fingerprint density at radius 2 is 1.84 bits per heavy atom. The Labute approximate surface area is 222 Å². The summed E-state index contributed by atoms with van der Waals surface area (Å²) in [5.74, 6) is -0.0204. The third kappa shape index (κ3) is 5.01. The van der Waals surface area contributed by atoms with E-state index in [1.54, 1.807) is 31.4 Å². The van der Waals surface area contributed by atoms with Crippen LogP contribution < -0.4 is 9.46 Å². The van der Waals surface area contributed by atoms with Crippen LogP contribution in [0.5, 0.6) is 5.75 Å². The summed E-state index contributed by atoms with van der Waals surface area (Å²) < 4.78 is 41.2. The number of hydrogen-bond donors (Lipinski definition) is 1. The topological polar surface area (TPSA) is 94.6 Å². The van der Waals surface area contributed by atoms with Crippen molar-refractivity contribution in [2.75, 3.05) is 13.7 Å². The van der Waals surface area contributed by atoms with Gasteiger partial charge in [0, 0.05) is 22.6 Å². The summed E-state index contributed by atoms with van der Waals surface area (Å²) in [5.41, 5.74) is 3.08. The van der Waals surface area contributed by atoms with E-state index in [0.29, 0.717) is 29.7 Å². The lowest BCUT2D eigenvalue weighted by molar-refractivity contribution is -0.125. The van der Waals surface area contributed by atoms with Crippen LogP contribution in [-0.4, -0.2) is 33.0 Å². The fourth-order valence-corrected chi connectivity index (χ4v) is 6.46. The molecular weight excluding hydrogens is 500 g/mol. The van der Waals surface area contributed by atoms with E-state index in [1.807, 2.05) is 62.4 Å². The van der Waals surface area contributed by atoms with Gasteiger partial charge in [0.05, 0.1) is 30.5 Å². The molecule has 1 aliphatic rings. The molecule has 2 atom stereocenters. The highest BCUT2D eigenvalue weighted by atomic mass is 32.2. The minimum absolute atomic E-state index is 0.00698. The number of nitrogens with zero attached hydrogens (tertiary/aromatic N) is 1. The molecule has 196 valence electrons. The van der Waals surface area contributed by atoms with Gasteiger partial charge in [-0.25, -0.2) is 13.1 Å². The second-order valence-electron chi connectivity index (χ2n) is 9.80. The highest BCUT2D eigenvalue weighted by Crippen LogP contribution is 2.48. The molecule has 1 aromatic heterocycles. The number of carbonyl (C=O) groups excluding carboxylic acids is 1. The van der Waals surface area contributed by atoms with E-state index in [4.69, 9.17) is 9.47 Å². The normalized spacial score (nSPS) is 19.4. The van der Waals surface area contributed by atoms with Crippen molar-refractivity contribution >= 4 is 26.8 Å². The van der Waals surface area contributed by atoms with Crippen LogP contribution in [0.15, 0.2) is 83.8 Å². The number of sulfonamides is 1. The van der Waals surface area contributed by atoms with Crippen molar-refractivity contribution in [3.8, 4) is 5.75 Å². The largest absolute Gasteiger partial charge is 0.496 e. The van der Waals surface area contributed by atoms with Gasteiger partial charge in [-0.1, -0.05) is 48.0 Å². The van der Waals surface area contributed by atoms with Gasteiger partial charge in [0.25, 0.3) is 10.0 Å². The molecule has 1 N–H and O–H groups in total. The monoisotopic (exact) mass is 530 g/mol. The zero-order valence-electron chi connectivity index (χ0n) is 21.6. The van der Waals surface area contributed by atoms with Crippen molar-refractivity contribution in [1.29, 1.82) is 0 Å². The first-order valence-corrected chi connectivity index (χ1v) is 14.0. The van der Waals surface area contributed by atoms with E-state index in [9.17, 15) is 13.2 Å². The van der Waals surface area contributed by atoms with Gasteiger partial charge in [-0.3, -0.25) is 9.78 Å². The number of rotatable bonds is 7. The van der Waals surface area contributed by atoms with Crippen molar-refractivity contribution in [1.82, 2.24) is 9.71 Å². The summed E-state index contributed by atoms with van der Waals surface area (Å²) >= 11 is 0. The first kappa shape index (κ1) is 25.9. The van der Waals surface area contributed by atoms with Gasteiger partial charge in [0.15, 0.2) is 0 Å². The number of amides is 1. The Morgan fingerprint density at radius 3 is 2.61 bits per heavy atom. The van der Waals surface area contributed by atoms with Gasteiger partial charge in [-0.05, 0) is 62.2 Å². The first-order valence-electron chi connectivity index (χ1n) is 12.5. The van der Waals surface area contributed by atoms with Gasteiger partial charge >= 0.3 is 0 Å². The molecule has 0 saturated carbocycles. The molecule has 3 aromatic carbocycles. The number of benzene rings is 3. The number of ether oxygens (including phenoxy) is 2. The quantitative estimate of drug-likeness (QED) is 0.355. The number of fused-ring (bicyclic) bond motifs is 1. The molecule has 7 nitrogen and oxygen atoms in total. The molecule has 38 heavy (non-hydrogen) atoms. The Balaban J connectivity index is 1.49. The van der Waals surface area contributed by atoms with Crippen LogP contribution in [0.25, 0.3) is 10.9 Å². The van der Waals surface area contributed by atoms with E-state index in [0.717, 1.165) is 22.4 Å². The molecule has 0 bridgehead atoms. The summed E-state index contributed by atoms with van der Waals surface area (Å²) in [6, 6.07) is 24.0. The molecule has 2 heterocycles. The van der Waals surface area contributed by atoms with Crippen LogP contribution in [0.2, 0.25) is 0 Å². The second kappa shape index (κ2) is 10.2. The van der Waals surface area contributed by atoms with Gasteiger partial charge in [-0.15, -0.1) is 0 Å². The van der Waals surface area contributed by atoms with Crippen molar-refractivity contribution < 1.29 is 22.7 Å². The van der Waals surface area contributed by atoms with Crippen LogP contribution in [0.1, 0.15) is 41.1 Å². The van der Waals surface area contributed by atoms with Crippen LogP contribution in [0.4, 0.5) is 0 Å². The summed E-state index contributed by atoms with van der Waals surface area (Å²) in [6.45, 7) is 4.20. The number of hydrogen-bond acceptors (Lipinski definition) is 6. The van der Waals surface area contributed by atoms with E-state index in [2.05, 4.69) is 9.71 Å². The van der Waals surface area contributed by atoms with E-state index in [-0.39, 0.29) is 17.2 Å². The average molecular weight is 531 g/mol. The highest BCUT2D eigenvalue weighted by Gasteiger charge is 2.46. The van der Waals surface area contributed by atoms with Crippen LogP contribution in [0.3, 0.4) is 0 Å². The van der Waals surface area contributed by atoms with Crippen molar-refractivity contribution in [3.05, 3.63) is 101 Å². The summed E-state index contributed by atoms with van der Waals surface area (Å²) in [5, 5.41) is 0.453. The maximum atomic E-state index is 13.5. The number of nitrogens with one attached hydrogen (secondary N) is 1. The smallest absolute Gasteiger partial charge is 0.264 e. The molecule has 0 spiro atoms. The molecule has 1 aliphatic heterocycles. The first-order chi connectivity index (χ1) is 18.2. The van der Waals surface area contributed by atoms with Crippen LogP contribution in [-0.2, 0) is 25.2 Å². The SMILES string of the molecule is COc1ccc(C)cc1[C@]1(CC(=O)NS(=O)(=O)c2cccc3nc(C)ccc23)C[C@H](c2ccccc2)CO1. The Hall–Kier alpha value is -3.75. The third-order valence-electron chi connectivity index (χ3n) is 7.07. The Bertz CT molecular complexity index is 1600. The predicted molar refractivity (Wildman–Crippen MR) is 146 cm³/mol. The Morgan fingerprint density at radius 1 is 1.05 bits per heavy atom. The zero-order chi connectivity index (χ0) is 26.9. The lowest BCUT2D eigenvalue weighted by Crippen LogP contribution is -2.38. The van der Waals surface area contributed by atoms with Gasteiger partial charge in [-0.2, -0.15) is 0 Å². The predicted octanol–water partition coefficient (Wildman–Crippen LogP) is 5.15. The van der Waals surface area contributed by atoms with Crippen molar-refractivity contribution in [2.45, 2.75) is 43.1 Å². The summed E-state index contributed by atoms with van der Waals surface area (Å²) in [4.78, 5) is 17.9. The minimum Gasteiger partial charge on any atom is -0.496 e. The molecular formula is C30H30N2O5S. The third-order valence-corrected chi connectivity index (χ3v) is 8.50. The van der Waals surface area contributed by atoms with Gasteiger partial charge in [0.1, 0.15) is 11.4 Å². The standard InChI is InChI=1S/C30H30N2O5S/c1-20-12-15-27(36-3)25(16-20)30(17-23(19-37-30)22-8-5-4-6-9-22)18-29(33)32-38(34,35)28-11-7-10-26-24(28)14-13-21(2)31-26/h4-16,23H,17-19H2,1-3H3,(H,32,33)/t23-,30+/m0/s1. The van der Waals surface area contributed by atoms with Crippen LogP contribution >= 0.6 is 0 Å². The number of aryl methyl sites for hydroxylation is 2. The molecule has 8 heteroatoms. The van der Waals surface area contributed by atoms with Gasteiger partial charge < -0.3 is 9.47 Å². The average Bonchev–Trinajstić information content (AvgIpc) is 3.33. The van der Waals surface area contributed by atoms with Crippen LogP contribution in [0, 0.1) is 13.8 Å². The Kier molecular flexibility index (Phi) is 6.94. The lowest BCUT2D eigenvalue weighted by Gasteiger charge is -2.30. The fourth-order valence-electron chi connectivity index (χ4n) is 5.26. The maximum absolute atomic E-state index is 13.5. The van der Waals surface area contributed by atoms with Gasteiger partial charge in [0.2, 0.25) is 5.91 Å². The van der Waals surface area contributed by atoms with E-state index in [1.165, 1.54) is 6.07 Å². The number of methoxy groups -OCH3 is 1. The van der Waals surface area contributed by atoms with E-state index < -0.39 is 21.5 Å². The molecule has 5 rings (SSSR count). The molecule has 0 radical (unpaired) electrons. The zero-order valence-corrected chi connectivity index (χ0v) is 22.4. The number of pyridine rings is 1. The highest BCUT2D eigenvalue weighted by molar-refractivity contribution is 7.90. The molecule has 1 saturated heterocycles. The minimum atomic E-state index is -4.17. The van der Waals surface area contributed by atoms with E-state index >= 15 is 0 Å². The molecule has 0 unspecified atom stereocenters. The summed E-state index contributed by atoms with van der Waals surface area (Å²) in [7, 11) is -2.59. The lowest BCUT2D eigenvalue weighted by atomic mass is 9.81. The number of carbonyl (C=O) groups is 1. The molecule has 0 aliphatic carbocycles. The fraction of sp³-hybridized carbons (Fsp3) is 0.267. The molecule has 1 amide bonds. The van der Waals surface area contributed by atoms with Crippen molar-refractivity contribution in [2.24, 2.45) is 0 Å². The van der Waals surface area contributed by atoms with Crippen molar-refractivity contribution in [3.63, 3.8) is 0 Å².